The number of benzene rings is 1. The maximum absolute atomic E-state index is 11.0. The van der Waals surface area contributed by atoms with E-state index in [9.17, 15) is 4.79 Å². The number of aliphatic carboxylic acids is 1. The minimum Gasteiger partial charge on any atom is -0.493 e. The van der Waals surface area contributed by atoms with Crippen LogP contribution >= 0.6 is 0 Å². The van der Waals surface area contributed by atoms with Crippen LogP contribution in [0.3, 0.4) is 0 Å². The average molecular weight is 252 g/mol. The molecule has 1 N–H and O–H groups in total. The summed E-state index contributed by atoms with van der Waals surface area (Å²) in [5.74, 6) is 0.00205. The highest BCUT2D eigenvalue weighted by Crippen LogP contribution is 2.31. The maximum atomic E-state index is 11.0. The van der Waals surface area contributed by atoms with Crippen LogP contribution in [0, 0.1) is 0 Å². The second-order valence-electron chi connectivity index (χ2n) is 4.65. The lowest BCUT2D eigenvalue weighted by molar-refractivity contribution is -0.152. The Morgan fingerprint density at radius 2 is 2.00 bits per heavy atom. The Labute approximate surface area is 108 Å². The quantitative estimate of drug-likeness (QED) is 0.845. The van der Waals surface area contributed by atoms with E-state index in [4.69, 9.17) is 14.6 Å². The highest BCUT2D eigenvalue weighted by Gasteiger charge is 2.30. The van der Waals surface area contributed by atoms with E-state index in [1.54, 1.807) is 13.2 Å². The standard InChI is InChI=1S/C14H20O4/c1-5-6-10-7-8-11(12(9-10)17-4)18-14(2,3)13(15)16/h7-9H,5-6H2,1-4H3,(H,15,16). The number of methoxy groups -OCH3 is 1. The molecule has 0 unspecified atom stereocenters. The maximum Gasteiger partial charge on any atom is 0.347 e. The molecule has 1 aromatic rings. The van der Waals surface area contributed by atoms with Crippen LogP contribution in [0.25, 0.3) is 0 Å². The van der Waals surface area contributed by atoms with Gasteiger partial charge in [0, 0.05) is 0 Å². The number of carbonyl (C=O) groups is 1. The Balaban J connectivity index is 2.99. The lowest BCUT2D eigenvalue weighted by atomic mass is 10.1. The third kappa shape index (κ3) is 3.39. The summed E-state index contributed by atoms with van der Waals surface area (Å²) in [4.78, 5) is 11.0. The molecule has 0 aliphatic heterocycles. The van der Waals surface area contributed by atoms with Gasteiger partial charge in [-0.1, -0.05) is 19.4 Å². The molecule has 0 aliphatic rings. The number of hydrogen-bond donors (Lipinski definition) is 1. The molecule has 0 saturated heterocycles. The predicted molar refractivity (Wildman–Crippen MR) is 69.3 cm³/mol. The zero-order chi connectivity index (χ0) is 13.8. The normalized spacial score (nSPS) is 11.1. The first kappa shape index (κ1) is 14.4. The molecule has 4 nitrogen and oxygen atoms in total. The number of carboxylic acids is 1. The van der Waals surface area contributed by atoms with E-state index in [1.807, 2.05) is 12.1 Å². The molecule has 0 aromatic heterocycles. The van der Waals surface area contributed by atoms with Crippen LogP contribution in [-0.4, -0.2) is 23.8 Å². The van der Waals surface area contributed by atoms with Crippen molar-refractivity contribution in [3.05, 3.63) is 23.8 Å². The van der Waals surface area contributed by atoms with E-state index in [0.29, 0.717) is 11.5 Å². The largest absolute Gasteiger partial charge is 0.493 e. The van der Waals surface area contributed by atoms with Crippen LogP contribution in [0.4, 0.5) is 0 Å². The van der Waals surface area contributed by atoms with Gasteiger partial charge >= 0.3 is 5.97 Å². The molecular weight excluding hydrogens is 232 g/mol. The molecule has 1 rings (SSSR count). The van der Waals surface area contributed by atoms with Crippen molar-refractivity contribution < 1.29 is 19.4 Å². The van der Waals surface area contributed by atoms with Gasteiger partial charge in [-0.25, -0.2) is 4.79 Å². The van der Waals surface area contributed by atoms with E-state index in [-0.39, 0.29) is 0 Å². The van der Waals surface area contributed by atoms with Gasteiger partial charge in [-0.2, -0.15) is 0 Å². The molecule has 18 heavy (non-hydrogen) atoms. The van der Waals surface area contributed by atoms with E-state index < -0.39 is 11.6 Å². The third-order valence-electron chi connectivity index (χ3n) is 2.65. The van der Waals surface area contributed by atoms with Crippen molar-refractivity contribution in [3.8, 4) is 11.5 Å². The SMILES string of the molecule is CCCc1ccc(OC(C)(C)C(=O)O)c(OC)c1. The summed E-state index contributed by atoms with van der Waals surface area (Å²) in [6.07, 6.45) is 2.00. The molecule has 0 atom stereocenters. The van der Waals surface area contributed by atoms with Gasteiger partial charge in [0.25, 0.3) is 0 Å². The number of carboxylic acid groups (broad SMARTS) is 1. The smallest absolute Gasteiger partial charge is 0.347 e. The Bertz CT molecular complexity index is 424. The van der Waals surface area contributed by atoms with Gasteiger partial charge in [0.05, 0.1) is 7.11 Å². The summed E-state index contributed by atoms with van der Waals surface area (Å²) in [6.45, 7) is 5.12. The first-order valence-electron chi connectivity index (χ1n) is 6.00. The van der Waals surface area contributed by atoms with Gasteiger partial charge in [0.15, 0.2) is 17.1 Å². The van der Waals surface area contributed by atoms with Crippen molar-refractivity contribution in [3.63, 3.8) is 0 Å². The van der Waals surface area contributed by atoms with E-state index in [1.165, 1.54) is 13.8 Å². The lowest BCUT2D eigenvalue weighted by Gasteiger charge is -2.23. The van der Waals surface area contributed by atoms with Gasteiger partial charge in [-0.15, -0.1) is 0 Å². The van der Waals surface area contributed by atoms with Crippen LogP contribution in [0.2, 0.25) is 0 Å². The van der Waals surface area contributed by atoms with Crippen molar-refractivity contribution >= 4 is 5.97 Å². The summed E-state index contributed by atoms with van der Waals surface area (Å²) in [6, 6.07) is 5.57. The molecule has 0 fully saturated rings. The summed E-state index contributed by atoms with van der Waals surface area (Å²) in [7, 11) is 1.55. The topological polar surface area (TPSA) is 55.8 Å². The molecule has 0 radical (unpaired) electrons. The fraction of sp³-hybridized carbons (Fsp3) is 0.500. The van der Waals surface area contributed by atoms with Crippen LogP contribution in [0.15, 0.2) is 18.2 Å². The van der Waals surface area contributed by atoms with Crippen molar-refractivity contribution in [1.29, 1.82) is 0 Å². The first-order valence-corrected chi connectivity index (χ1v) is 6.00. The molecule has 0 spiro atoms. The monoisotopic (exact) mass is 252 g/mol. The van der Waals surface area contributed by atoms with Crippen LogP contribution < -0.4 is 9.47 Å². The Hall–Kier alpha value is -1.71. The number of hydrogen-bond acceptors (Lipinski definition) is 3. The minimum atomic E-state index is -1.28. The highest BCUT2D eigenvalue weighted by atomic mass is 16.5. The molecule has 1 aromatic carbocycles. The van der Waals surface area contributed by atoms with Crippen LogP contribution in [0.5, 0.6) is 11.5 Å². The molecular formula is C14H20O4. The molecule has 0 aliphatic carbocycles. The van der Waals surface area contributed by atoms with Gasteiger partial charge in [0.2, 0.25) is 0 Å². The fourth-order valence-corrected chi connectivity index (χ4v) is 1.56. The minimum absolute atomic E-state index is 0.449. The third-order valence-corrected chi connectivity index (χ3v) is 2.65. The Morgan fingerprint density at radius 1 is 1.33 bits per heavy atom. The van der Waals surface area contributed by atoms with E-state index in [0.717, 1.165) is 18.4 Å². The van der Waals surface area contributed by atoms with E-state index >= 15 is 0 Å². The molecule has 4 heteroatoms. The van der Waals surface area contributed by atoms with Crippen molar-refractivity contribution in [2.75, 3.05) is 7.11 Å². The molecule has 0 heterocycles. The molecule has 0 bridgehead atoms. The second-order valence-corrected chi connectivity index (χ2v) is 4.65. The molecule has 0 amide bonds. The number of rotatable bonds is 6. The average Bonchev–Trinajstić information content (AvgIpc) is 2.31. The van der Waals surface area contributed by atoms with Gasteiger partial charge in [-0.3, -0.25) is 0 Å². The molecule has 0 saturated carbocycles. The first-order chi connectivity index (χ1) is 8.40. The van der Waals surface area contributed by atoms with Gasteiger partial charge in [-0.05, 0) is 38.0 Å². The van der Waals surface area contributed by atoms with Crippen LogP contribution in [0.1, 0.15) is 32.8 Å². The van der Waals surface area contributed by atoms with Crippen molar-refractivity contribution in [1.82, 2.24) is 0 Å². The molecule has 100 valence electrons. The van der Waals surface area contributed by atoms with E-state index in [2.05, 4.69) is 6.92 Å². The van der Waals surface area contributed by atoms with Crippen LogP contribution in [-0.2, 0) is 11.2 Å². The number of aryl methyl sites for hydroxylation is 1. The van der Waals surface area contributed by atoms with Crippen molar-refractivity contribution in [2.45, 2.75) is 39.2 Å². The van der Waals surface area contributed by atoms with Gasteiger partial charge < -0.3 is 14.6 Å². The highest BCUT2D eigenvalue weighted by molar-refractivity contribution is 5.77. The fourth-order valence-electron chi connectivity index (χ4n) is 1.56. The summed E-state index contributed by atoms with van der Waals surface area (Å²) in [5, 5.41) is 9.04. The predicted octanol–water partition coefficient (Wildman–Crippen LogP) is 2.89. The summed E-state index contributed by atoms with van der Waals surface area (Å²) < 4.78 is 10.7. The second kappa shape index (κ2) is 5.76. The Kier molecular flexibility index (Phi) is 4.59. The zero-order valence-electron chi connectivity index (χ0n) is 11.3. The van der Waals surface area contributed by atoms with Crippen molar-refractivity contribution in [2.24, 2.45) is 0 Å². The lowest BCUT2D eigenvalue weighted by Crippen LogP contribution is -2.37. The summed E-state index contributed by atoms with van der Waals surface area (Å²) >= 11 is 0. The van der Waals surface area contributed by atoms with Gasteiger partial charge in [0.1, 0.15) is 0 Å². The number of ether oxygens (including phenoxy) is 2. The zero-order valence-corrected chi connectivity index (χ0v) is 11.3. The Morgan fingerprint density at radius 3 is 2.50 bits per heavy atom. The summed E-state index contributed by atoms with van der Waals surface area (Å²) in [5.41, 5.74) is -0.130.